The Kier molecular flexibility index (Phi) is 8.20. The van der Waals surface area contributed by atoms with Crippen LogP contribution in [0.4, 0.5) is 0 Å². The van der Waals surface area contributed by atoms with Gasteiger partial charge in [-0.3, -0.25) is 4.79 Å². The van der Waals surface area contributed by atoms with Gasteiger partial charge in [0.1, 0.15) is 10.8 Å². The van der Waals surface area contributed by atoms with Gasteiger partial charge >= 0.3 is 0 Å². The normalized spacial score (nSPS) is 12.0. The molecule has 6 heteroatoms. The van der Waals surface area contributed by atoms with Crippen LogP contribution in [0.15, 0.2) is 53.9 Å². The van der Waals surface area contributed by atoms with Gasteiger partial charge in [0.05, 0.1) is 30.3 Å². The van der Waals surface area contributed by atoms with Crippen LogP contribution < -0.4 is 10.1 Å². The van der Waals surface area contributed by atoms with E-state index < -0.39 is 0 Å². The van der Waals surface area contributed by atoms with Crippen molar-refractivity contribution >= 4 is 17.2 Å². The number of carbonyl (C=O) groups is 1. The Morgan fingerprint density at radius 3 is 2.55 bits per heavy atom. The molecule has 1 heterocycles. The summed E-state index contributed by atoms with van der Waals surface area (Å²) in [7, 11) is 4.07. The highest BCUT2D eigenvalue weighted by Gasteiger charge is 2.17. The monoisotopic (exact) mass is 437 g/mol. The van der Waals surface area contributed by atoms with E-state index in [0.717, 1.165) is 28.4 Å². The molecule has 0 fully saturated rings. The summed E-state index contributed by atoms with van der Waals surface area (Å²) < 4.78 is 5.71. The van der Waals surface area contributed by atoms with Gasteiger partial charge < -0.3 is 15.0 Å². The number of amides is 1. The van der Waals surface area contributed by atoms with Gasteiger partial charge in [-0.05, 0) is 50.7 Å². The van der Waals surface area contributed by atoms with Crippen molar-refractivity contribution < 1.29 is 9.53 Å². The molecule has 0 aliphatic rings. The number of hydrogen-bond acceptors (Lipinski definition) is 5. The summed E-state index contributed by atoms with van der Waals surface area (Å²) in [4.78, 5) is 19.4. The SMILES string of the molecule is CCOc1ccccc1-c1nc(CC(=O)NCC(c2ccc(CC)cc2)N(C)C)cs1. The van der Waals surface area contributed by atoms with Crippen molar-refractivity contribution in [3.8, 4) is 16.3 Å². The number of benzene rings is 2. The molecule has 0 aliphatic carbocycles. The Morgan fingerprint density at radius 2 is 1.87 bits per heavy atom. The molecule has 1 unspecified atom stereocenters. The maximum absolute atomic E-state index is 12.6. The summed E-state index contributed by atoms with van der Waals surface area (Å²) in [6.45, 7) is 5.28. The topological polar surface area (TPSA) is 54.5 Å². The molecular weight excluding hydrogens is 406 g/mol. The summed E-state index contributed by atoms with van der Waals surface area (Å²) in [5.41, 5.74) is 4.25. The Morgan fingerprint density at radius 1 is 1.13 bits per heavy atom. The predicted molar refractivity (Wildman–Crippen MR) is 128 cm³/mol. The van der Waals surface area contributed by atoms with E-state index in [1.54, 1.807) is 0 Å². The summed E-state index contributed by atoms with van der Waals surface area (Å²) in [5, 5.41) is 5.90. The molecule has 0 aliphatic heterocycles. The number of ether oxygens (including phenoxy) is 1. The second-order valence-electron chi connectivity index (χ2n) is 7.63. The first-order chi connectivity index (χ1) is 15.0. The van der Waals surface area contributed by atoms with Crippen molar-refractivity contribution in [1.29, 1.82) is 0 Å². The van der Waals surface area contributed by atoms with Crippen molar-refractivity contribution in [2.24, 2.45) is 0 Å². The largest absolute Gasteiger partial charge is 0.493 e. The van der Waals surface area contributed by atoms with Gasteiger partial charge in [0.15, 0.2) is 0 Å². The van der Waals surface area contributed by atoms with Gasteiger partial charge in [0.2, 0.25) is 5.91 Å². The molecule has 0 saturated carbocycles. The lowest BCUT2D eigenvalue weighted by Gasteiger charge is -2.25. The Labute approximate surface area is 189 Å². The molecule has 164 valence electrons. The second kappa shape index (κ2) is 11.1. The van der Waals surface area contributed by atoms with Gasteiger partial charge in [0, 0.05) is 11.9 Å². The molecule has 2 aromatic carbocycles. The number of nitrogens with one attached hydrogen (secondary N) is 1. The standard InChI is InChI=1S/C25H31N3O2S/c1-5-18-11-13-19(14-12-18)22(28(3)4)16-26-24(29)15-20-17-31-25(27-20)21-9-7-8-10-23(21)30-6-2/h7-14,17,22H,5-6,15-16H2,1-4H3,(H,26,29). The lowest BCUT2D eigenvalue weighted by atomic mass is 10.0. The van der Waals surface area contributed by atoms with Crippen LogP contribution in [0.1, 0.15) is 36.7 Å². The fourth-order valence-electron chi connectivity index (χ4n) is 3.45. The number of aryl methyl sites for hydroxylation is 1. The van der Waals surface area contributed by atoms with E-state index in [-0.39, 0.29) is 18.4 Å². The van der Waals surface area contributed by atoms with Crippen molar-refractivity contribution in [3.63, 3.8) is 0 Å². The van der Waals surface area contributed by atoms with Gasteiger partial charge in [-0.1, -0.05) is 43.3 Å². The number of likely N-dealkylation sites (N-methyl/N-ethyl adjacent to an activating group) is 1. The lowest BCUT2D eigenvalue weighted by molar-refractivity contribution is -0.120. The number of hydrogen-bond donors (Lipinski definition) is 1. The maximum atomic E-state index is 12.6. The smallest absolute Gasteiger partial charge is 0.226 e. The third-order valence-corrected chi connectivity index (χ3v) is 6.12. The molecule has 0 radical (unpaired) electrons. The first-order valence-corrected chi connectivity index (χ1v) is 11.6. The highest BCUT2D eigenvalue weighted by Crippen LogP contribution is 2.32. The van der Waals surface area contributed by atoms with Crippen molar-refractivity contribution in [2.75, 3.05) is 27.2 Å². The third kappa shape index (κ3) is 6.15. The van der Waals surface area contributed by atoms with Crippen LogP contribution in [0.5, 0.6) is 5.75 Å². The van der Waals surface area contributed by atoms with E-state index in [1.165, 1.54) is 22.5 Å². The fraction of sp³-hybridized carbons (Fsp3) is 0.360. The van der Waals surface area contributed by atoms with Crippen LogP contribution >= 0.6 is 11.3 Å². The lowest BCUT2D eigenvalue weighted by Crippen LogP contribution is -2.35. The molecule has 0 bridgehead atoms. The van der Waals surface area contributed by atoms with Crippen LogP contribution in [0, 0.1) is 0 Å². The van der Waals surface area contributed by atoms with Crippen molar-refractivity contribution in [1.82, 2.24) is 15.2 Å². The Hall–Kier alpha value is -2.70. The van der Waals surface area contributed by atoms with Crippen LogP contribution in [-0.4, -0.2) is 43.0 Å². The minimum atomic E-state index is -0.0213. The molecular formula is C25H31N3O2S. The third-order valence-electron chi connectivity index (χ3n) is 5.20. The first kappa shape index (κ1) is 23.0. The van der Waals surface area contributed by atoms with E-state index in [2.05, 4.69) is 46.4 Å². The molecule has 1 N–H and O–H groups in total. The van der Waals surface area contributed by atoms with E-state index in [9.17, 15) is 4.79 Å². The Bertz CT molecular complexity index is 982. The number of para-hydroxylation sites is 1. The van der Waals surface area contributed by atoms with Crippen LogP contribution in [0.25, 0.3) is 10.6 Å². The molecule has 3 rings (SSSR count). The van der Waals surface area contributed by atoms with Crippen molar-refractivity contribution in [3.05, 3.63) is 70.7 Å². The predicted octanol–water partition coefficient (Wildman–Crippen LogP) is 4.73. The number of nitrogens with zero attached hydrogens (tertiary/aromatic N) is 2. The second-order valence-corrected chi connectivity index (χ2v) is 8.49. The van der Waals surface area contributed by atoms with E-state index in [0.29, 0.717) is 13.2 Å². The number of rotatable bonds is 10. The van der Waals surface area contributed by atoms with Crippen LogP contribution in [0.3, 0.4) is 0 Å². The summed E-state index contributed by atoms with van der Waals surface area (Å²) >= 11 is 1.53. The summed E-state index contributed by atoms with van der Waals surface area (Å²) in [6, 6.07) is 16.6. The highest BCUT2D eigenvalue weighted by atomic mass is 32.1. The fourth-order valence-corrected chi connectivity index (χ4v) is 4.30. The van der Waals surface area contributed by atoms with E-state index >= 15 is 0 Å². The van der Waals surface area contributed by atoms with Gasteiger partial charge in [0.25, 0.3) is 0 Å². The minimum Gasteiger partial charge on any atom is -0.493 e. The molecule has 1 atom stereocenters. The summed E-state index contributed by atoms with van der Waals surface area (Å²) in [5.74, 6) is 0.797. The van der Waals surface area contributed by atoms with E-state index in [1.807, 2.05) is 50.7 Å². The van der Waals surface area contributed by atoms with Crippen LogP contribution in [0.2, 0.25) is 0 Å². The molecule has 1 amide bonds. The number of thiazole rings is 1. The zero-order valence-electron chi connectivity index (χ0n) is 18.7. The zero-order chi connectivity index (χ0) is 22.2. The van der Waals surface area contributed by atoms with Gasteiger partial charge in [-0.15, -0.1) is 11.3 Å². The van der Waals surface area contributed by atoms with Gasteiger partial charge in [-0.25, -0.2) is 4.98 Å². The molecule has 3 aromatic rings. The summed E-state index contributed by atoms with van der Waals surface area (Å²) in [6.07, 6.45) is 1.29. The zero-order valence-corrected chi connectivity index (χ0v) is 19.5. The minimum absolute atomic E-state index is 0.0213. The van der Waals surface area contributed by atoms with Crippen molar-refractivity contribution in [2.45, 2.75) is 32.7 Å². The average molecular weight is 438 g/mol. The molecule has 0 spiro atoms. The molecule has 31 heavy (non-hydrogen) atoms. The number of aromatic nitrogens is 1. The molecule has 0 saturated heterocycles. The van der Waals surface area contributed by atoms with Gasteiger partial charge in [-0.2, -0.15) is 0 Å². The average Bonchev–Trinajstić information content (AvgIpc) is 3.23. The Balaban J connectivity index is 1.62. The highest BCUT2D eigenvalue weighted by molar-refractivity contribution is 7.13. The molecule has 1 aromatic heterocycles. The first-order valence-electron chi connectivity index (χ1n) is 10.7. The maximum Gasteiger partial charge on any atom is 0.226 e. The van der Waals surface area contributed by atoms with Crippen LogP contribution in [-0.2, 0) is 17.6 Å². The quantitative estimate of drug-likeness (QED) is 0.498. The van der Waals surface area contributed by atoms with E-state index in [4.69, 9.17) is 4.74 Å². The molecule has 5 nitrogen and oxygen atoms in total. The number of carbonyl (C=O) groups excluding carboxylic acids is 1.